The molecule has 3 nitrogen and oxygen atoms in total. The third-order valence-corrected chi connectivity index (χ3v) is 2.88. The molecule has 2 rings (SSSR count). The highest BCUT2D eigenvalue weighted by Gasteiger charge is 2.10. The van der Waals surface area contributed by atoms with Crippen molar-refractivity contribution in [3.8, 4) is 0 Å². The summed E-state index contributed by atoms with van der Waals surface area (Å²) in [7, 11) is 0. The summed E-state index contributed by atoms with van der Waals surface area (Å²) in [5.41, 5.74) is 1.71. The van der Waals surface area contributed by atoms with E-state index in [1.54, 1.807) is 24.3 Å². The second-order valence-electron chi connectivity index (χ2n) is 4.38. The first-order valence-electron chi connectivity index (χ1n) is 6.33. The fourth-order valence-electron chi connectivity index (χ4n) is 1.84. The molecule has 2 N–H and O–H groups in total. The van der Waals surface area contributed by atoms with Crippen LogP contribution in [0.15, 0.2) is 60.7 Å². The van der Waals surface area contributed by atoms with E-state index in [-0.39, 0.29) is 5.91 Å². The molecule has 0 aromatic heterocycles. The van der Waals surface area contributed by atoms with E-state index in [1.165, 1.54) is 0 Å². The summed E-state index contributed by atoms with van der Waals surface area (Å²) < 4.78 is 0. The Hall–Kier alpha value is -2.13. The van der Waals surface area contributed by atoms with Gasteiger partial charge in [-0.15, -0.1) is 0 Å². The fraction of sp³-hybridized carbons (Fsp3) is 0.188. The molecule has 2 aromatic carbocycles. The van der Waals surface area contributed by atoms with Gasteiger partial charge in [0.15, 0.2) is 0 Å². The molecule has 19 heavy (non-hydrogen) atoms. The van der Waals surface area contributed by atoms with Crippen molar-refractivity contribution < 1.29 is 9.90 Å². The number of carbonyl (C=O) groups excluding carboxylic acids is 1. The maximum absolute atomic E-state index is 11.8. The lowest BCUT2D eigenvalue weighted by Gasteiger charge is -2.12. The predicted octanol–water partition coefficient (Wildman–Crippen LogP) is 2.37. The summed E-state index contributed by atoms with van der Waals surface area (Å²) in [5, 5.41) is 12.4. The topological polar surface area (TPSA) is 49.3 Å². The van der Waals surface area contributed by atoms with Gasteiger partial charge in [0.1, 0.15) is 6.23 Å². The molecule has 1 amide bonds. The lowest BCUT2D eigenvalue weighted by molar-refractivity contribution is 0.0766. The maximum Gasteiger partial charge on any atom is 0.253 e. The average Bonchev–Trinajstić information content (AvgIpc) is 2.47. The molecule has 0 aliphatic rings. The number of hydrogen-bond acceptors (Lipinski definition) is 2. The molecule has 0 heterocycles. The highest BCUT2D eigenvalue weighted by Crippen LogP contribution is 2.05. The second kappa shape index (κ2) is 6.71. The van der Waals surface area contributed by atoms with Gasteiger partial charge in [-0.3, -0.25) is 4.79 Å². The first-order valence-corrected chi connectivity index (χ1v) is 6.33. The minimum atomic E-state index is -0.826. The lowest BCUT2D eigenvalue weighted by atomic mass is 10.1. The summed E-state index contributed by atoms with van der Waals surface area (Å²) in [6, 6.07) is 18.8. The normalized spacial score (nSPS) is 11.8. The molecule has 0 bridgehead atoms. The summed E-state index contributed by atoms with van der Waals surface area (Å²) in [4.78, 5) is 11.8. The third kappa shape index (κ3) is 4.23. The minimum absolute atomic E-state index is 0.249. The number of aliphatic hydroxyl groups is 1. The number of amides is 1. The largest absolute Gasteiger partial charge is 0.374 e. The van der Waals surface area contributed by atoms with Crippen LogP contribution in [0.2, 0.25) is 0 Å². The molecule has 1 atom stereocenters. The number of aliphatic hydroxyl groups excluding tert-OH is 1. The molecule has 0 spiro atoms. The van der Waals surface area contributed by atoms with Crippen LogP contribution in [-0.2, 0) is 6.42 Å². The number of benzene rings is 2. The van der Waals surface area contributed by atoms with Crippen LogP contribution in [-0.4, -0.2) is 17.2 Å². The lowest BCUT2D eigenvalue weighted by Crippen LogP contribution is -2.34. The van der Waals surface area contributed by atoms with Gasteiger partial charge in [0.25, 0.3) is 5.91 Å². The van der Waals surface area contributed by atoms with Gasteiger partial charge >= 0.3 is 0 Å². The van der Waals surface area contributed by atoms with Gasteiger partial charge in [-0.25, -0.2) is 0 Å². The molecule has 98 valence electrons. The number of carbonyl (C=O) groups is 1. The van der Waals surface area contributed by atoms with Gasteiger partial charge in [-0.2, -0.15) is 0 Å². The van der Waals surface area contributed by atoms with E-state index in [1.807, 2.05) is 36.4 Å². The Balaban J connectivity index is 1.81. The first kappa shape index (κ1) is 13.3. The molecular weight excluding hydrogens is 238 g/mol. The standard InChI is InChI=1S/C16H17NO2/c18-15(12-11-13-7-3-1-4-8-13)17-16(19)14-9-5-2-6-10-14/h1-10,15,18H,11-12H2,(H,17,19). The van der Waals surface area contributed by atoms with Crippen LogP contribution in [0.3, 0.4) is 0 Å². The second-order valence-corrected chi connectivity index (χ2v) is 4.38. The maximum atomic E-state index is 11.8. The van der Waals surface area contributed by atoms with Crippen molar-refractivity contribution >= 4 is 5.91 Å². The molecule has 0 fully saturated rings. The SMILES string of the molecule is O=C(NC(O)CCc1ccccc1)c1ccccc1. The zero-order valence-electron chi connectivity index (χ0n) is 10.6. The summed E-state index contributed by atoms with van der Waals surface area (Å²) in [5.74, 6) is -0.249. The third-order valence-electron chi connectivity index (χ3n) is 2.88. The average molecular weight is 255 g/mol. The van der Waals surface area contributed by atoms with E-state index in [0.29, 0.717) is 12.0 Å². The van der Waals surface area contributed by atoms with Gasteiger partial charge in [0, 0.05) is 5.56 Å². The summed E-state index contributed by atoms with van der Waals surface area (Å²) in [6.07, 6.45) is 0.410. The van der Waals surface area contributed by atoms with Crippen molar-refractivity contribution in [2.24, 2.45) is 0 Å². The van der Waals surface area contributed by atoms with E-state index in [9.17, 15) is 9.90 Å². The van der Waals surface area contributed by atoms with Crippen molar-refractivity contribution in [2.75, 3.05) is 0 Å². The zero-order chi connectivity index (χ0) is 13.5. The van der Waals surface area contributed by atoms with E-state index in [2.05, 4.69) is 5.32 Å². The van der Waals surface area contributed by atoms with Gasteiger partial charge in [-0.05, 0) is 30.5 Å². The number of rotatable bonds is 5. The van der Waals surface area contributed by atoms with Crippen LogP contribution >= 0.6 is 0 Å². The molecule has 2 aromatic rings. The van der Waals surface area contributed by atoms with Crippen molar-refractivity contribution in [2.45, 2.75) is 19.1 Å². The van der Waals surface area contributed by atoms with E-state index in [4.69, 9.17) is 0 Å². The molecule has 0 saturated heterocycles. The smallest absolute Gasteiger partial charge is 0.253 e. The number of nitrogens with one attached hydrogen (secondary N) is 1. The number of hydrogen-bond donors (Lipinski definition) is 2. The monoisotopic (exact) mass is 255 g/mol. The van der Waals surface area contributed by atoms with Crippen molar-refractivity contribution in [3.63, 3.8) is 0 Å². The van der Waals surface area contributed by atoms with Crippen LogP contribution in [0.4, 0.5) is 0 Å². The van der Waals surface area contributed by atoms with Crippen molar-refractivity contribution in [3.05, 3.63) is 71.8 Å². The Morgan fingerprint density at radius 1 is 1.00 bits per heavy atom. The van der Waals surface area contributed by atoms with Crippen LogP contribution in [0.5, 0.6) is 0 Å². The predicted molar refractivity (Wildman–Crippen MR) is 74.7 cm³/mol. The highest BCUT2D eigenvalue weighted by molar-refractivity contribution is 5.94. The molecule has 0 saturated carbocycles. The van der Waals surface area contributed by atoms with Crippen molar-refractivity contribution in [1.82, 2.24) is 5.32 Å². The Kier molecular flexibility index (Phi) is 4.70. The molecule has 0 aliphatic heterocycles. The van der Waals surface area contributed by atoms with Crippen LogP contribution < -0.4 is 5.32 Å². The quantitative estimate of drug-likeness (QED) is 0.806. The molecule has 0 aliphatic carbocycles. The fourth-order valence-corrected chi connectivity index (χ4v) is 1.84. The number of aryl methyl sites for hydroxylation is 1. The van der Waals surface area contributed by atoms with Gasteiger partial charge in [0.05, 0.1) is 0 Å². The summed E-state index contributed by atoms with van der Waals surface area (Å²) in [6.45, 7) is 0. The molecule has 1 unspecified atom stereocenters. The summed E-state index contributed by atoms with van der Waals surface area (Å²) >= 11 is 0. The van der Waals surface area contributed by atoms with Gasteiger partial charge < -0.3 is 10.4 Å². The zero-order valence-corrected chi connectivity index (χ0v) is 10.6. The van der Waals surface area contributed by atoms with Gasteiger partial charge in [-0.1, -0.05) is 48.5 Å². The first-order chi connectivity index (χ1) is 9.25. The van der Waals surface area contributed by atoms with Crippen LogP contribution in [0.1, 0.15) is 22.3 Å². The van der Waals surface area contributed by atoms with Crippen molar-refractivity contribution in [1.29, 1.82) is 0 Å². The molecule has 0 radical (unpaired) electrons. The van der Waals surface area contributed by atoms with Gasteiger partial charge in [0.2, 0.25) is 0 Å². The minimum Gasteiger partial charge on any atom is -0.374 e. The highest BCUT2D eigenvalue weighted by atomic mass is 16.3. The van der Waals surface area contributed by atoms with E-state index < -0.39 is 6.23 Å². The Bertz CT molecular complexity index is 511. The van der Waals surface area contributed by atoms with E-state index in [0.717, 1.165) is 12.0 Å². The van der Waals surface area contributed by atoms with Crippen LogP contribution in [0, 0.1) is 0 Å². The Morgan fingerprint density at radius 3 is 2.21 bits per heavy atom. The molecular formula is C16H17NO2. The van der Waals surface area contributed by atoms with E-state index >= 15 is 0 Å². The molecule has 3 heteroatoms. The Morgan fingerprint density at radius 2 is 1.58 bits per heavy atom. The van der Waals surface area contributed by atoms with Crippen LogP contribution in [0.25, 0.3) is 0 Å². The Labute approximate surface area is 112 Å².